The Morgan fingerprint density at radius 1 is 1.48 bits per heavy atom. The van der Waals surface area contributed by atoms with Crippen molar-refractivity contribution in [3.05, 3.63) is 18.2 Å². The van der Waals surface area contributed by atoms with E-state index < -0.39 is 5.97 Å². The minimum Gasteiger partial charge on any atom is -0.494 e. The van der Waals surface area contributed by atoms with Crippen LogP contribution in [-0.4, -0.2) is 38.2 Å². The number of methoxy groups -OCH3 is 2. The Bertz CT molecular complexity index is 569. The number of ether oxygens (including phenoxy) is 3. The van der Waals surface area contributed by atoms with Gasteiger partial charge in [0.15, 0.2) is 18.0 Å². The molecule has 0 fully saturated rings. The molecule has 1 N–H and O–H groups in total. The van der Waals surface area contributed by atoms with Crippen LogP contribution in [-0.2, 0) is 9.53 Å². The van der Waals surface area contributed by atoms with Gasteiger partial charge in [0.05, 0.1) is 14.2 Å². The standard InChI is InChI=1S/C13H15N3O4S/c1-18-11-5-4-9(20-7-12(17)19-2)6-10(11)16-13(21-3)15-8-14/h4-6H,7H2,1-3H3,(H,15,16). The summed E-state index contributed by atoms with van der Waals surface area (Å²) in [4.78, 5) is 15.3. The number of amidine groups is 1. The Kier molecular flexibility index (Phi) is 6.91. The highest BCUT2D eigenvalue weighted by Crippen LogP contribution is 2.32. The molecule has 0 atom stereocenters. The molecular weight excluding hydrogens is 294 g/mol. The van der Waals surface area contributed by atoms with Crippen molar-refractivity contribution in [2.45, 2.75) is 0 Å². The summed E-state index contributed by atoms with van der Waals surface area (Å²) in [5, 5.41) is 11.5. The Morgan fingerprint density at radius 2 is 2.24 bits per heavy atom. The number of thioether (sulfide) groups is 1. The average molecular weight is 309 g/mol. The highest BCUT2D eigenvalue weighted by molar-refractivity contribution is 8.13. The minimum atomic E-state index is -0.480. The second kappa shape index (κ2) is 8.71. The van der Waals surface area contributed by atoms with Gasteiger partial charge in [0.25, 0.3) is 0 Å². The molecule has 0 saturated heterocycles. The third kappa shape index (κ3) is 5.24. The summed E-state index contributed by atoms with van der Waals surface area (Å²) in [5.41, 5.74) is 0.479. The lowest BCUT2D eigenvalue weighted by molar-refractivity contribution is -0.142. The number of aliphatic imine (C=N–C) groups is 1. The molecule has 0 amide bonds. The summed E-state index contributed by atoms with van der Waals surface area (Å²) in [7, 11) is 2.80. The summed E-state index contributed by atoms with van der Waals surface area (Å²) >= 11 is 1.28. The third-order valence-corrected chi connectivity index (χ3v) is 2.89. The molecule has 0 aliphatic carbocycles. The molecule has 0 radical (unpaired) electrons. The van der Waals surface area contributed by atoms with Crippen molar-refractivity contribution in [3.8, 4) is 17.7 Å². The van der Waals surface area contributed by atoms with Crippen molar-refractivity contribution in [1.29, 1.82) is 5.26 Å². The molecule has 0 heterocycles. The lowest BCUT2D eigenvalue weighted by atomic mass is 10.3. The van der Waals surface area contributed by atoms with Gasteiger partial charge in [0.1, 0.15) is 17.2 Å². The minimum absolute atomic E-state index is 0.197. The van der Waals surface area contributed by atoms with E-state index in [0.29, 0.717) is 22.4 Å². The number of hydrogen-bond donors (Lipinski definition) is 1. The fourth-order valence-electron chi connectivity index (χ4n) is 1.33. The quantitative estimate of drug-likeness (QED) is 0.291. The van der Waals surface area contributed by atoms with Gasteiger partial charge in [-0.1, -0.05) is 11.8 Å². The Balaban J connectivity index is 3.00. The smallest absolute Gasteiger partial charge is 0.343 e. The van der Waals surface area contributed by atoms with E-state index in [-0.39, 0.29) is 6.61 Å². The maximum atomic E-state index is 11.1. The van der Waals surface area contributed by atoms with E-state index in [1.807, 2.05) is 0 Å². The van der Waals surface area contributed by atoms with Crippen molar-refractivity contribution in [1.82, 2.24) is 5.32 Å². The normalized spacial score (nSPS) is 10.5. The predicted octanol–water partition coefficient (Wildman–Crippen LogP) is 1.67. The van der Waals surface area contributed by atoms with Crippen LogP contribution in [0.2, 0.25) is 0 Å². The van der Waals surface area contributed by atoms with Crippen LogP contribution in [0.4, 0.5) is 5.69 Å². The largest absolute Gasteiger partial charge is 0.494 e. The zero-order valence-electron chi connectivity index (χ0n) is 11.9. The lowest BCUT2D eigenvalue weighted by Crippen LogP contribution is -2.13. The fourth-order valence-corrected chi connectivity index (χ4v) is 1.67. The van der Waals surface area contributed by atoms with E-state index in [1.54, 1.807) is 30.6 Å². The van der Waals surface area contributed by atoms with Gasteiger partial charge < -0.3 is 14.2 Å². The molecular formula is C13H15N3O4S. The number of nitrogens with zero attached hydrogens (tertiary/aromatic N) is 2. The van der Waals surface area contributed by atoms with Gasteiger partial charge in [-0.15, -0.1) is 0 Å². The molecule has 0 aliphatic heterocycles. The molecule has 0 saturated carbocycles. The van der Waals surface area contributed by atoms with Crippen LogP contribution in [0, 0.1) is 11.5 Å². The summed E-state index contributed by atoms with van der Waals surface area (Å²) in [5.74, 6) is 0.482. The maximum absolute atomic E-state index is 11.1. The van der Waals surface area contributed by atoms with E-state index >= 15 is 0 Å². The van der Waals surface area contributed by atoms with E-state index in [1.165, 1.54) is 26.0 Å². The second-order valence-electron chi connectivity index (χ2n) is 3.56. The number of nitriles is 1. The van der Waals surface area contributed by atoms with Crippen molar-refractivity contribution in [3.63, 3.8) is 0 Å². The number of esters is 1. The van der Waals surface area contributed by atoms with Gasteiger partial charge in [0, 0.05) is 6.07 Å². The molecule has 0 spiro atoms. The van der Waals surface area contributed by atoms with E-state index in [2.05, 4.69) is 15.0 Å². The first-order chi connectivity index (χ1) is 10.1. The molecule has 1 aromatic rings. The zero-order valence-corrected chi connectivity index (χ0v) is 12.7. The van der Waals surface area contributed by atoms with E-state index in [0.717, 1.165) is 0 Å². The van der Waals surface area contributed by atoms with Gasteiger partial charge in [-0.05, 0) is 18.4 Å². The highest BCUT2D eigenvalue weighted by Gasteiger charge is 2.08. The summed E-state index contributed by atoms with van der Waals surface area (Å²) in [6.45, 7) is -0.197. The van der Waals surface area contributed by atoms with Crippen LogP contribution in [0.1, 0.15) is 0 Å². The van der Waals surface area contributed by atoms with Crippen LogP contribution < -0.4 is 14.8 Å². The molecule has 0 bridgehead atoms. The first-order valence-corrected chi connectivity index (χ1v) is 7.02. The van der Waals surface area contributed by atoms with Gasteiger partial charge in [-0.3, -0.25) is 5.32 Å². The number of nitrogens with one attached hydrogen (secondary N) is 1. The molecule has 21 heavy (non-hydrogen) atoms. The fraction of sp³-hybridized carbons (Fsp3) is 0.308. The van der Waals surface area contributed by atoms with Gasteiger partial charge in [-0.2, -0.15) is 5.26 Å². The topological polar surface area (TPSA) is 92.9 Å². The monoisotopic (exact) mass is 309 g/mol. The van der Waals surface area contributed by atoms with Crippen molar-refractivity contribution >= 4 is 28.6 Å². The van der Waals surface area contributed by atoms with Crippen molar-refractivity contribution < 1.29 is 19.0 Å². The molecule has 7 nitrogen and oxygen atoms in total. The molecule has 1 aromatic carbocycles. The highest BCUT2D eigenvalue weighted by atomic mass is 32.2. The van der Waals surface area contributed by atoms with Crippen LogP contribution in [0.25, 0.3) is 0 Å². The van der Waals surface area contributed by atoms with E-state index in [4.69, 9.17) is 14.7 Å². The second-order valence-corrected chi connectivity index (χ2v) is 4.35. The van der Waals surface area contributed by atoms with Crippen molar-refractivity contribution in [2.75, 3.05) is 27.1 Å². The molecule has 0 unspecified atom stereocenters. The zero-order chi connectivity index (χ0) is 15.7. The average Bonchev–Trinajstić information content (AvgIpc) is 2.52. The van der Waals surface area contributed by atoms with E-state index in [9.17, 15) is 4.79 Å². The Hall–Kier alpha value is -2.40. The first-order valence-electron chi connectivity index (χ1n) is 5.80. The molecule has 0 aromatic heterocycles. The summed E-state index contributed by atoms with van der Waals surface area (Å²) in [6.07, 6.45) is 3.59. The number of benzene rings is 1. The van der Waals surface area contributed by atoms with Crippen molar-refractivity contribution in [2.24, 2.45) is 4.99 Å². The number of rotatable bonds is 5. The van der Waals surface area contributed by atoms with Crippen LogP contribution in [0.5, 0.6) is 11.5 Å². The van der Waals surface area contributed by atoms with Gasteiger partial charge >= 0.3 is 5.97 Å². The van der Waals surface area contributed by atoms with Gasteiger partial charge in [-0.25, -0.2) is 9.79 Å². The molecule has 0 aliphatic rings. The number of carbonyl (C=O) groups is 1. The molecule has 8 heteroatoms. The van der Waals surface area contributed by atoms with Crippen LogP contribution in [0.15, 0.2) is 23.2 Å². The summed E-state index contributed by atoms with van der Waals surface area (Å²) in [6, 6.07) is 4.92. The van der Waals surface area contributed by atoms with Gasteiger partial charge in [0.2, 0.25) is 0 Å². The lowest BCUT2D eigenvalue weighted by Gasteiger charge is -2.09. The molecule has 112 valence electrons. The summed E-state index contributed by atoms with van der Waals surface area (Å²) < 4.78 is 15.0. The van der Waals surface area contributed by atoms with Crippen LogP contribution in [0.3, 0.4) is 0 Å². The third-order valence-electron chi connectivity index (χ3n) is 2.31. The number of carbonyl (C=O) groups excluding carboxylic acids is 1. The Labute approximate surface area is 126 Å². The van der Waals surface area contributed by atoms with Crippen LogP contribution >= 0.6 is 11.8 Å². The number of hydrogen-bond acceptors (Lipinski definition) is 7. The molecule has 1 rings (SSSR count). The first kappa shape index (κ1) is 16.7. The SMILES string of the molecule is COC(=O)COc1ccc(OC)c(N=C(NC#N)SC)c1. The Morgan fingerprint density at radius 3 is 2.81 bits per heavy atom. The maximum Gasteiger partial charge on any atom is 0.343 e. The predicted molar refractivity (Wildman–Crippen MR) is 79.9 cm³/mol.